The third kappa shape index (κ3) is 5.20. The summed E-state index contributed by atoms with van der Waals surface area (Å²) in [4.78, 5) is 20.4. The summed E-state index contributed by atoms with van der Waals surface area (Å²) in [5, 5.41) is 0. The lowest BCUT2D eigenvalue weighted by Crippen LogP contribution is -2.22. The highest BCUT2D eigenvalue weighted by atomic mass is 35.5. The number of alkyl halides is 4. The zero-order valence-corrected chi connectivity index (χ0v) is 8.92. The molecule has 2 nitrogen and oxygen atoms in total. The molecule has 0 aliphatic rings. The SMILES string of the molecule is O=CC(Cl)(Cl)CCC(Cl)(Cl)C=O. The second-order valence-electron chi connectivity index (χ2n) is 2.26. The van der Waals surface area contributed by atoms with Crippen molar-refractivity contribution in [3.05, 3.63) is 0 Å². The van der Waals surface area contributed by atoms with Gasteiger partial charge in [0.05, 0.1) is 0 Å². The molecule has 0 bridgehead atoms. The lowest BCUT2D eigenvalue weighted by atomic mass is 10.2. The van der Waals surface area contributed by atoms with Crippen molar-refractivity contribution in [2.45, 2.75) is 21.5 Å². The van der Waals surface area contributed by atoms with Gasteiger partial charge in [-0.1, -0.05) is 46.4 Å². The third-order valence-electron chi connectivity index (χ3n) is 1.14. The molecule has 0 saturated heterocycles. The van der Waals surface area contributed by atoms with Gasteiger partial charge < -0.3 is 9.59 Å². The van der Waals surface area contributed by atoms with Crippen molar-refractivity contribution in [1.82, 2.24) is 0 Å². The maximum absolute atomic E-state index is 10.2. The molecule has 0 saturated carbocycles. The number of hydrogen-bond acceptors (Lipinski definition) is 2. The molecule has 0 aromatic heterocycles. The fourth-order valence-electron chi connectivity index (χ4n) is 0.451. The Morgan fingerprint density at radius 2 is 1.08 bits per heavy atom. The number of hydrogen-bond donors (Lipinski definition) is 0. The number of halogens is 4. The van der Waals surface area contributed by atoms with Crippen LogP contribution in [0.2, 0.25) is 0 Å². The first-order chi connectivity index (χ1) is 5.33. The van der Waals surface area contributed by atoms with Gasteiger partial charge in [0.15, 0.2) is 21.2 Å². The first kappa shape index (κ1) is 12.5. The zero-order chi connectivity index (χ0) is 9.83. The quantitative estimate of drug-likeness (QED) is 0.556. The molecule has 0 heterocycles. The largest absolute Gasteiger partial charge is 0.300 e. The molecule has 0 atom stereocenters. The van der Waals surface area contributed by atoms with Crippen LogP contribution < -0.4 is 0 Å². The van der Waals surface area contributed by atoms with Crippen LogP contribution in [0.4, 0.5) is 0 Å². The van der Waals surface area contributed by atoms with E-state index in [1.807, 2.05) is 0 Å². The Morgan fingerprint density at radius 3 is 1.25 bits per heavy atom. The Bertz CT molecular complexity index is 158. The van der Waals surface area contributed by atoms with E-state index in [4.69, 9.17) is 46.4 Å². The van der Waals surface area contributed by atoms with Crippen molar-refractivity contribution in [3.8, 4) is 0 Å². The van der Waals surface area contributed by atoms with E-state index < -0.39 is 8.67 Å². The smallest absolute Gasteiger partial charge is 0.173 e. The molecule has 0 aromatic rings. The highest BCUT2D eigenvalue weighted by Crippen LogP contribution is 2.32. The van der Waals surface area contributed by atoms with Gasteiger partial charge in [0.2, 0.25) is 0 Å². The minimum atomic E-state index is -1.52. The van der Waals surface area contributed by atoms with Crippen molar-refractivity contribution >= 4 is 59.0 Å². The number of rotatable bonds is 5. The minimum absolute atomic E-state index is 0.0331. The van der Waals surface area contributed by atoms with E-state index in [9.17, 15) is 9.59 Å². The van der Waals surface area contributed by atoms with E-state index in [-0.39, 0.29) is 12.8 Å². The molecule has 0 aromatic carbocycles. The van der Waals surface area contributed by atoms with E-state index >= 15 is 0 Å². The first-order valence-corrected chi connectivity index (χ1v) is 4.52. The molecule has 0 spiro atoms. The van der Waals surface area contributed by atoms with Crippen LogP contribution in [0.25, 0.3) is 0 Å². The molecular formula is C6H6Cl4O2. The summed E-state index contributed by atoms with van der Waals surface area (Å²) in [6.07, 6.45) is 0.798. The molecule has 0 unspecified atom stereocenters. The average molecular weight is 252 g/mol. The van der Waals surface area contributed by atoms with E-state index in [0.717, 1.165) is 0 Å². The van der Waals surface area contributed by atoms with Crippen molar-refractivity contribution in [2.24, 2.45) is 0 Å². The van der Waals surface area contributed by atoms with Gasteiger partial charge in [0.1, 0.15) is 0 Å². The normalized spacial score (nSPS) is 12.7. The van der Waals surface area contributed by atoms with E-state index in [1.165, 1.54) is 0 Å². The van der Waals surface area contributed by atoms with Crippen LogP contribution in [0.15, 0.2) is 0 Å². The van der Waals surface area contributed by atoms with Crippen LogP contribution >= 0.6 is 46.4 Å². The van der Waals surface area contributed by atoms with Crippen LogP contribution in [0.3, 0.4) is 0 Å². The summed E-state index contributed by atoms with van der Waals surface area (Å²) in [6, 6.07) is 0. The van der Waals surface area contributed by atoms with Gasteiger partial charge in [-0.15, -0.1) is 0 Å². The number of aldehydes is 2. The van der Waals surface area contributed by atoms with Crippen LogP contribution in [-0.4, -0.2) is 21.2 Å². The van der Waals surface area contributed by atoms with Crippen molar-refractivity contribution in [3.63, 3.8) is 0 Å². The second-order valence-corrected chi connectivity index (χ2v) is 5.34. The average Bonchev–Trinajstić information content (AvgIpc) is 2.02. The summed E-state index contributed by atoms with van der Waals surface area (Å²) in [6.45, 7) is 0. The van der Waals surface area contributed by atoms with Crippen LogP contribution in [0, 0.1) is 0 Å². The maximum Gasteiger partial charge on any atom is 0.173 e. The Hall–Kier alpha value is 0.500. The molecule has 12 heavy (non-hydrogen) atoms. The predicted octanol–water partition coefficient (Wildman–Crippen LogP) is 2.51. The van der Waals surface area contributed by atoms with Gasteiger partial charge in [-0.2, -0.15) is 0 Å². The molecule has 0 aliphatic heterocycles. The third-order valence-corrected chi connectivity index (χ3v) is 2.25. The van der Waals surface area contributed by atoms with Gasteiger partial charge in [-0.25, -0.2) is 0 Å². The van der Waals surface area contributed by atoms with Crippen LogP contribution in [0.5, 0.6) is 0 Å². The lowest BCUT2D eigenvalue weighted by Gasteiger charge is -2.16. The molecule has 0 amide bonds. The zero-order valence-electron chi connectivity index (χ0n) is 5.90. The van der Waals surface area contributed by atoms with Gasteiger partial charge in [-0.05, 0) is 12.8 Å². The van der Waals surface area contributed by atoms with Gasteiger partial charge in [0.25, 0.3) is 0 Å². The Labute approximate surface area is 90.1 Å². The van der Waals surface area contributed by atoms with Gasteiger partial charge >= 0.3 is 0 Å². The van der Waals surface area contributed by atoms with Gasteiger partial charge in [-0.3, -0.25) is 0 Å². The fraction of sp³-hybridized carbons (Fsp3) is 0.667. The van der Waals surface area contributed by atoms with E-state index in [2.05, 4.69) is 0 Å². The Morgan fingerprint density at radius 1 is 0.833 bits per heavy atom. The number of carbonyl (C=O) groups excluding carboxylic acids is 2. The molecule has 0 radical (unpaired) electrons. The monoisotopic (exact) mass is 250 g/mol. The molecule has 6 heteroatoms. The molecule has 0 rings (SSSR count). The minimum Gasteiger partial charge on any atom is -0.300 e. The lowest BCUT2D eigenvalue weighted by molar-refractivity contribution is -0.110. The van der Waals surface area contributed by atoms with Gasteiger partial charge in [0, 0.05) is 0 Å². The second kappa shape index (κ2) is 4.66. The van der Waals surface area contributed by atoms with Crippen molar-refractivity contribution in [2.75, 3.05) is 0 Å². The van der Waals surface area contributed by atoms with E-state index in [1.54, 1.807) is 0 Å². The van der Waals surface area contributed by atoms with Crippen LogP contribution in [-0.2, 0) is 9.59 Å². The highest BCUT2D eigenvalue weighted by Gasteiger charge is 2.30. The molecule has 70 valence electrons. The summed E-state index contributed by atoms with van der Waals surface area (Å²) >= 11 is 21.8. The number of carbonyl (C=O) groups is 2. The van der Waals surface area contributed by atoms with Crippen LogP contribution in [0.1, 0.15) is 12.8 Å². The van der Waals surface area contributed by atoms with Crippen molar-refractivity contribution in [1.29, 1.82) is 0 Å². The molecule has 0 N–H and O–H groups in total. The summed E-state index contributed by atoms with van der Waals surface area (Å²) in [7, 11) is 0. The highest BCUT2D eigenvalue weighted by molar-refractivity contribution is 6.57. The molecular weight excluding hydrogens is 246 g/mol. The molecule has 0 fully saturated rings. The van der Waals surface area contributed by atoms with E-state index in [0.29, 0.717) is 12.6 Å². The fourth-order valence-corrected chi connectivity index (χ4v) is 0.829. The molecule has 0 aliphatic carbocycles. The standard InChI is InChI=1S/C6H6Cl4O2/c7-5(8,3-11)1-2-6(9,10)4-12/h3-4H,1-2H2. The Balaban J connectivity index is 3.98. The Kier molecular flexibility index (Phi) is 4.85. The summed E-state index contributed by atoms with van der Waals surface area (Å²) < 4.78 is -3.03. The van der Waals surface area contributed by atoms with Crippen molar-refractivity contribution < 1.29 is 9.59 Å². The summed E-state index contributed by atoms with van der Waals surface area (Å²) in [5.74, 6) is 0. The maximum atomic E-state index is 10.2. The topological polar surface area (TPSA) is 34.1 Å². The predicted molar refractivity (Wildman–Crippen MR) is 50.2 cm³/mol. The summed E-state index contributed by atoms with van der Waals surface area (Å²) in [5.41, 5.74) is 0. The first-order valence-electron chi connectivity index (χ1n) is 3.01.